The van der Waals surface area contributed by atoms with Crippen molar-refractivity contribution in [1.29, 1.82) is 0 Å². The number of rotatable bonds is 19. The van der Waals surface area contributed by atoms with E-state index in [4.69, 9.17) is 24.2 Å². The molecule has 2 fully saturated rings. The van der Waals surface area contributed by atoms with E-state index in [1.165, 1.54) is 30.5 Å². The first-order valence-electron chi connectivity index (χ1n) is 21.1. The van der Waals surface area contributed by atoms with Gasteiger partial charge in [0.2, 0.25) is 5.79 Å². The zero-order chi connectivity index (χ0) is 40.6. The van der Waals surface area contributed by atoms with Gasteiger partial charge in [0.05, 0.1) is 28.4 Å². The number of nitrogens with zero attached hydrogens (tertiary/aromatic N) is 2. The van der Waals surface area contributed by atoms with Crippen LogP contribution in [0.25, 0.3) is 0 Å². The van der Waals surface area contributed by atoms with Crippen molar-refractivity contribution in [2.45, 2.75) is 113 Å². The lowest BCUT2D eigenvalue weighted by molar-refractivity contribution is -0.384. The van der Waals surface area contributed by atoms with Crippen LogP contribution in [-0.2, 0) is 16.2 Å². The van der Waals surface area contributed by atoms with E-state index >= 15 is 0 Å². The van der Waals surface area contributed by atoms with Crippen LogP contribution in [0.1, 0.15) is 98.8 Å². The molecule has 0 amide bonds. The third-order valence-corrected chi connectivity index (χ3v) is 14.2. The lowest BCUT2D eigenvalue weighted by atomic mass is 9.56. The van der Waals surface area contributed by atoms with Gasteiger partial charge in [-0.3, -0.25) is 10.1 Å². The van der Waals surface area contributed by atoms with Crippen LogP contribution >= 0.6 is 11.8 Å². The number of nitro benzene ring substituents is 1. The summed E-state index contributed by atoms with van der Waals surface area (Å²) in [5.74, 6) is 1.35. The molecular weight excluding hydrogens is 753 g/mol. The number of oxime groups is 1. The molecule has 6 unspecified atom stereocenters. The van der Waals surface area contributed by atoms with Crippen molar-refractivity contribution >= 4 is 23.2 Å². The van der Waals surface area contributed by atoms with Gasteiger partial charge in [-0.1, -0.05) is 49.1 Å². The highest BCUT2D eigenvalue weighted by Crippen LogP contribution is 2.63. The molecule has 3 aliphatic carbocycles. The summed E-state index contributed by atoms with van der Waals surface area (Å²) in [6.45, 7) is 9.02. The van der Waals surface area contributed by atoms with Gasteiger partial charge in [-0.05, 0) is 129 Å². The highest BCUT2D eigenvalue weighted by atomic mass is 32.2. The Balaban J connectivity index is 1.36. The number of allylic oxidation sites excluding steroid dienone is 1. The summed E-state index contributed by atoms with van der Waals surface area (Å²) in [5, 5.41) is 36.4. The van der Waals surface area contributed by atoms with E-state index in [1.807, 2.05) is 23.9 Å². The molecule has 3 aromatic rings. The van der Waals surface area contributed by atoms with Gasteiger partial charge in [-0.2, -0.15) is 0 Å². The lowest BCUT2D eigenvalue weighted by Gasteiger charge is -2.58. The zero-order valence-corrected chi connectivity index (χ0v) is 34.7. The molecule has 310 valence electrons. The van der Waals surface area contributed by atoms with Crippen molar-refractivity contribution in [3.63, 3.8) is 0 Å². The van der Waals surface area contributed by atoms with Crippen molar-refractivity contribution < 1.29 is 34.2 Å². The normalized spacial score (nSPS) is 25.7. The summed E-state index contributed by atoms with van der Waals surface area (Å²) in [5.41, 5.74) is 6.21. The Bertz CT molecular complexity index is 1960. The van der Waals surface area contributed by atoms with Gasteiger partial charge in [-0.15, -0.1) is 18.3 Å². The fraction of sp³-hybridized carbons (Fsp3) is 0.511. The number of ether oxygens (including phenoxy) is 3. The number of hydrogen-bond acceptors (Lipinski definition) is 10. The average molecular weight is 811 g/mol. The topological polar surface area (TPSA) is 133 Å². The quantitative estimate of drug-likeness (QED) is 0.0525. The molecule has 0 saturated heterocycles. The van der Waals surface area contributed by atoms with Crippen molar-refractivity contribution in [3.8, 4) is 17.2 Å². The van der Waals surface area contributed by atoms with Crippen LogP contribution in [-0.4, -0.2) is 57.0 Å². The van der Waals surface area contributed by atoms with Gasteiger partial charge in [0.15, 0.2) is 0 Å². The Morgan fingerprint density at radius 3 is 2.40 bits per heavy atom. The van der Waals surface area contributed by atoms with Crippen molar-refractivity contribution in [1.82, 2.24) is 0 Å². The highest BCUT2D eigenvalue weighted by molar-refractivity contribution is 8.00. The van der Waals surface area contributed by atoms with Gasteiger partial charge in [0.25, 0.3) is 5.69 Å². The Hall–Kier alpha value is -4.16. The highest BCUT2D eigenvalue weighted by Gasteiger charge is 2.64. The second kappa shape index (κ2) is 19.3. The molecule has 0 bridgehead atoms. The smallest absolute Gasteiger partial charge is 0.269 e. The number of fused-ring (bicyclic) bond motifs is 2. The van der Waals surface area contributed by atoms with Crippen LogP contribution in [0.4, 0.5) is 5.69 Å². The summed E-state index contributed by atoms with van der Waals surface area (Å²) in [7, 11) is 0. The summed E-state index contributed by atoms with van der Waals surface area (Å²) in [6, 6.07) is 18.8. The van der Waals surface area contributed by atoms with Crippen molar-refractivity contribution in [3.05, 3.63) is 117 Å². The number of nitro groups is 1. The molecule has 58 heavy (non-hydrogen) atoms. The molecule has 6 atom stereocenters. The Labute approximate surface area is 346 Å². The molecule has 7 rings (SSSR count). The van der Waals surface area contributed by atoms with Crippen LogP contribution in [0.3, 0.4) is 0 Å². The molecule has 2 saturated carbocycles. The van der Waals surface area contributed by atoms with Crippen LogP contribution in [0.2, 0.25) is 0 Å². The molecule has 11 heteroatoms. The molecule has 3 aromatic carbocycles. The SMILES string of the molecule is C=CCOC12Oc3ccc(Oc4ccc(C)c(C)c4)cc3C3C(CCCCO)C(CCCCO)C=C(C(=NOCc4ccc([N+](=O)[O-])cc4)CC1SC1CCCC1)C32. The minimum absolute atomic E-state index is 0.0317. The molecule has 1 aliphatic heterocycles. The lowest BCUT2D eigenvalue weighted by Crippen LogP contribution is -2.64. The standard InChI is InChI=1S/C47H58N2O8S/c1-4-25-54-47-44(58-38-12-5-6-13-38)29-42(48-55-30-33-16-18-35(19-17-33)49(52)53)40-27-34(11-7-9-23-50)39(14-8-10-24-51)45(46(40)47)41-28-37(21-22-43(41)57-47)56-36-20-15-31(2)32(3)26-36/h4,15-22,26-28,34,38-39,44-46,50-51H,1,5-14,23-25,29-30H2,2-3H3. The van der Waals surface area contributed by atoms with E-state index in [-0.39, 0.29) is 54.4 Å². The number of benzene rings is 3. The van der Waals surface area contributed by atoms with Crippen LogP contribution in [0, 0.1) is 41.7 Å². The summed E-state index contributed by atoms with van der Waals surface area (Å²) < 4.78 is 21.0. The van der Waals surface area contributed by atoms with E-state index < -0.39 is 10.7 Å². The molecule has 10 nitrogen and oxygen atoms in total. The Morgan fingerprint density at radius 1 is 0.966 bits per heavy atom. The van der Waals surface area contributed by atoms with E-state index in [9.17, 15) is 20.3 Å². The maximum Gasteiger partial charge on any atom is 0.269 e. The first-order chi connectivity index (χ1) is 28.2. The fourth-order valence-electron chi connectivity index (χ4n) is 9.58. The van der Waals surface area contributed by atoms with Crippen LogP contribution in [0.15, 0.2) is 90.1 Å². The monoisotopic (exact) mass is 810 g/mol. The molecule has 0 aromatic heterocycles. The molecule has 4 aliphatic rings. The zero-order valence-electron chi connectivity index (χ0n) is 33.9. The fourth-order valence-corrected chi connectivity index (χ4v) is 11.4. The number of aliphatic hydroxyl groups excluding tert-OH is 2. The van der Waals surface area contributed by atoms with E-state index in [0.717, 1.165) is 90.2 Å². The molecule has 0 radical (unpaired) electrons. The number of aliphatic hydroxyl groups is 2. The maximum atomic E-state index is 11.3. The summed E-state index contributed by atoms with van der Waals surface area (Å²) in [4.78, 5) is 17.1. The minimum atomic E-state index is -1.02. The number of aryl methyl sites for hydroxylation is 2. The van der Waals surface area contributed by atoms with E-state index in [2.05, 4.69) is 50.8 Å². The van der Waals surface area contributed by atoms with E-state index in [0.29, 0.717) is 24.7 Å². The molecule has 0 spiro atoms. The number of non-ortho nitro benzene ring substituents is 1. The summed E-state index contributed by atoms with van der Waals surface area (Å²) >= 11 is 1.96. The molecule has 1 heterocycles. The van der Waals surface area contributed by atoms with E-state index in [1.54, 1.807) is 18.2 Å². The third-order valence-electron chi connectivity index (χ3n) is 12.5. The van der Waals surface area contributed by atoms with Crippen molar-refractivity contribution in [2.75, 3.05) is 19.8 Å². The molecular formula is C47H58N2O8S. The number of unbranched alkanes of at least 4 members (excludes halogenated alkanes) is 2. The second-order valence-electron chi connectivity index (χ2n) is 16.3. The number of hydrogen-bond donors (Lipinski definition) is 2. The predicted molar refractivity (Wildman–Crippen MR) is 229 cm³/mol. The third kappa shape index (κ3) is 9.18. The average Bonchev–Trinajstić information content (AvgIpc) is 3.74. The van der Waals surface area contributed by atoms with Crippen molar-refractivity contribution in [2.24, 2.45) is 22.9 Å². The Kier molecular flexibility index (Phi) is 13.9. The number of thioether (sulfide) groups is 1. The van der Waals surface area contributed by atoms with Gasteiger partial charge in [0.1, 0.15) is 23.9 Å². The second-order valence-corrected chi connectivity index (χ2v) is 17.8. The Morgan fingerprint density at radius 2 is 1.69 bits per heavy atom. The first-order valence-corrected chi connectivity index (χ1v) is 22.0. The van der Waals surface area contributed by atoms with Crippen LogP contribution < -0.4 is 9.47 Å². The maximum absolute atomic E-state index is 11.3. The van der Waals surface area contributed by atoms with Gasteiger partial charge in [0, 0.05) is 48.5 Å². The first kappa shape index (κ1) is 42.0. The largest absolute Gasteiger partial charge is 0.460 e. The predicted octanol–water partition coefficient (Wildman–Crippen LogP) is 10.5. The van der Waals surface area contributed by atoms with Gasteiger partial charge < -0.3 is 29.3 Å². The van der Waals surface area contributed by atoms with Gasteiger partial charge >= 0.3 is 0 Å². The van der Waals surface area contributed by atoms with Crippen LogP contribution in [0.5, 0.6) is 17.2 Å². The minimum Gasteiger partial charge on any atom is -0.460 e. The molecule has 2 N–H and O–H groups in total. The van der Waals surface area contributed by atoms with Gasteiger partial charge in [-0.25, -0.2) is 0 Å². The summed E-state index contributed by atoms with van der Waals surface area (Å²) in [6.07, 6.45) is 14.5.